The van der Waals surface area contributed by atoms with Crippen molar-refractivity contribution in [3.63, 3.8) is 0 Å². The third kappa shape index (κ3) is 2.65. The van der Waals surface area contributed by atoms with Crippen LogP contribution >= 0.6 is 23.4 Å². The molecule has 0 unspecified atom stereocenters. The Balaban J connectivity index is 1.95. The molecular formula is C17H10ClNS. The van der Waals surface area contributed by atoms with E-state index in [1.807, 2.05) is 18.2 Å². The third-order valence-corrected chi connectivity index (χ3v) is 4.50. The molecule has 0 aromatic heterocycles. The number of hydrogen-bond acceptors (Lipinski definition) is 2. The minimum absolute atomic E-state index is 0.581. The van der Waals surface area contributed by atoms with Crippen LogP contribution in [-0.4, -0.2) is 0 Å². The van der Waals surface area contributed by atoms with E-state index < -0.39 is 0 Å². The second kappa shape index (κ2) is 5.58. The molecule has 20 heavy (non-hydrogen) atoms. The monoisotopic (exact) mass is 295 g/mol. The number of nitriles is 1. The molecule has 0 fully saturated rings. The quantitative estimate of drug-likeness (QED) is 0.622. The van der Waals surface area contributed by atoms with Crippen molar-refractivity contribution < 1.29 is 0 Å². The van der Waals surface area contributed by atoms with E-state index in [0.717, 1.165) is 9.79 Å². The summed E-state index contributed by atoms with van der Waals surface area (Å²) in [6.07, 6.45) is 0. The van der Waals surface area contributed by atoms with E-state index in [9.17, 15) is 0 Å². The van der Waals surface area contributed by atoms with Gasteiger partial charge in [0, 0.05) is 9.79 Å². The number of fused-ring (bicyclic) bond motifs is 1. The summed E-state index contributed by atoms with van der Waals surface area (Å²) >= 11 is 7.81. The predicted octanol–water partition coefficient (Wildman–Crippen LogP) is 5.52. The maximum atomic E-state index is 8.85. The van der Waals surface area contributed by atoms with Crippen molar-refractivity contribution in [2.75, 3.05) is 0 Å². The smallest absolute Gasteiger partial charge is 0.0992 e. The molecule has 0 heterocycles. The molecule has 0 aliphatic rings. The molecule has 0 saturated carbocycles. The number of benzene rings is 3. The summed E-state index contributed by atoms with van der Waals surface area (Å²) in [4.78, 5) is 2.09. The number of halogens is 1. The molecule has 3 aromatic rings. The van der Waals surface area contributed by atoms with E-state index in [0.29, 0.717) is 10.6 Å². The van der Waals surface area contributed by atoms with E-state index in [-0.39, 0.29) is 0 Å². The van der Waals surface area contributed by atoms with Gasteiger partial charge in [-0.3, -0.25) is 0 Å². The highest BCUT2D eigenvalue weighted by Gasteiger charge is 2.05. The van der Waals surface area contributed by atoms with Gasteiger partial charge >= 0.3 is 0 Å². The van der Waals surface area contributed by atoms with Gasteiger partial charge in [0.25, 0.3) is 0 Å². The van der Waals surface area contributed by atoms with Crippen molar-refractivity contribution in [2.24, 2.45) is 0 Å². The molecule has 0 N–H and O–H groups in total. The molecule has 0 radical (unpaired) electrons. The highest BCUT2D eigenvalue weighted by molar-refractivity contribution is 7.99. The number of hydrogen-bond donors (Lipinski definition) is 0. The van der Waals surface area contributed by atoms with Crippen LogP contribution in [-0.2, 0) is 0 Å². The van der Waals surface area contributed by atoms with Crippen molar-refractivity contribution in [3.8, 4) is 6.07 Å². The van der Waals surface area contributed by atoms with Gasteiger partial charge in [-0.2, -0.15) is 5.26 Å². The van der Waals surface area contributed by atoms with E-state index in [1.165, 1.54) is 10.8 Å². The van der Waals surface area contributed by atoms with Crippen molar-refractivity contribution in [1.82, 2.24) is 0 Å². The first-order valence-electron chi connectivity index (χ1n) is 6.12. The highest BCUT2D eigenvalue weighted by Crippen LogP contribution is 2.35. The summed E-state index contributed by atoms with van der Waals surface area (Å²) in [5.74, 6) is 0. The molecule has 0 aliphatic carbocycles. The Morgan fingerprint density at radius 3 is 2.45 bits per heavy atom. The van der Waals surface area contributed by atoms with Crippen molar-refractivity contribution in [3.05, 3.63) is 71.2 Å². The van der Waals surface area contributed by atoms with Crippen LogP contribution in [0.4, 0.5) is 0 Å². The van der Waals surface area contributed by atoms with Crippen molar-refractivity contribution in [2.45, 2.75) is 9.79 Å². The zero-order valence-corrected chi connectivity index (χ0v) is 12.1. The molecule has 0 bridgehead atoms. The minimum Gasteiger partial charge on any atom is -0.192 e. The zero-order valence-electron chi connectivity index (χ0n) is 10.5. The lowest BCUT2D eigenvalue weighted by Gasteiger charge is -2.06. The first-order valence-corrected chi connectivity index (χ1v) is 7.32. The molecule has 3 rings (SSSR count). The second-order valence-electron chi connectivity index (χ2n) is 4.37. The van der Waals surface area contributed by atoms with Gasteiger partial charge in [0.2, 0.25) is 0 Å². The van der Waals surface area contributed by atoms with E-state index >= 15 is 0 Å². The maximum absolute atomic E-state index is 8.85. The second-order valence-corrected chi connectivity index (χ2v) is 5.89. The van der Waals surface area contributed by atoms with Gasteiger partial charge < -0.3 is 0 Å². The van der Waals surface area contributed by atoms with E-state index in [1.54, 1.807) is 23.9 Å². The molecule has 0 atom stereocenters. The topological polar surface area (TPSA) is 23.8 Å². The summed E-state index contributed by atoms with van der Waals surface area (Å²) in [7, 11) is 0. The maximum Gasteiger partial charge on any atom is 0.0992 e. The lowest BCUT2D eigenvalue weighted by Crippen LogP contribution is -1.80. The molecule has 96 valence electrons. The van der Waals surface area contributed by atoms with Gasteiger partial charge in [-0.25, -0.2) is 0 Å². The normalized spacial score (nSPS) is 10.4. The average Bonchev–Trinajstić information content (AvgIpc) is 2.49. The Bertz CT molecular complexity index is 821. The Labute approximate surface area is 126 Å². The summed E-state index contributed by atoms with van der Waals surface area (Å²) in [5, 5.41) is 11.9. The summed E-state index contributed by atoms with van der Waals surface area (Å²) < 4.78 is 0. The van der Waals surface area contributed by atoms with E-state index in [4.69, 9.17) is 16.9 Å². The summed E-state index contributed by atoms with van der Waals surface area (Å²) in [6.45, 7) is 0. The molecule has 3 heteroatoms. The average molecular weight is 296 g/mol. The van der Waals surface area contributed by atoms with Crippen LogP contribution in [0.3, 0.4) is 0 Å². The van der Waals surface area contributed by atoms with Crippen LogP contribution in [0.15, 0.2) is 70.5 Å². The van der Waals surface area contributed by atoms with Gasteiger partial charge in [0.05, 0.1) is 16.7 Å². The van der Waals surface area contributed by atoms with Crippen LogP contribution in [0.25, 0.3) is 10.8 Å². The number of rotatable bonds is 2. The lowest BCUT2D eigenvalue weighted by molar-refractivity contribution is 1.39. The van der Waals surface area contributed by atoms with Gasteiger partial charge in [-0.15, -0.1) is 0 Å². The van der Waals surface area contributed by atoms with Crippen LogP contribution in [0.1, 0.15) is 5.56 Å². The molecule has 0 saturated heterocycles. The molecule has 0 aliphatic heterocycles. The molecule has 0 amide bonds. The summed E-state index contributed by atoms with van der Waals surface area (Å²) in [5.41, 5.74) is 0.581. The predicted molar refractivity (Wildman–Crippen MR) is 84.2 cm³/mol. The lowest BCUT2D eigenvalue weighted by atomic mass is 10.1. The highest BCUT2D eigenvalue weighted by atomic mass is 35.5. The standard InChI is InChI=1S/C17H10ClNS/c18-16-9-12(11-19)5-8-17(16)20-15-7-6-13-3-1-2-4-14(13)10-15/h1-10H. The van der Waals surface area contributed by atoms with Crippen LogP contribution < -0.4 is 0 Å². The molecule has 3 aromatic carbocycles. The fourth-order valence-corrected chi connectivity index (χ4v) is 3.18. The van der Waals surface area contributed by atoms with Crippen LogP contribution in [0, 0.1) is 11.3 Å². The SMILES string of the molecule is N#Cc1ccc(Sc2ccc3ccccc3c2)c(Cl)c1. The van der Waals surface area contributed by atoms with Gasteiger partial charge in [0.1, 0.15) is 0 Å². The van der Waals surface area contributed by atoms with Gasteiger partial charge in [-0.1, -0.05) is 53.7 Å². The van der Waals surface area contributed by atoms with Crippen molar-refractivity contribution >= 4 is 34.1 Å². The fourth-order valence-electron chi connectivity index (χ4n) is 2.01. The van der Waals surface area contributed by atoms with Crippen LogP contribution in [0.5, 0.6) is 0 Å². The van der Waals surface area contributed by atoms with Gasteiger partial charge in [-0.05, 0) is 41.1 Å². The summed E-state index contributed by atoms with van der Waals surface area (Å²) in [6, 6.07) is 22.1. The first-order chi connectivity index (χ1) is 9.76. The molecular weight excluding hydrogens is 286 g/mol. The third-order valence-electron chi connectivity index (χ3n) is 3.01. The molecule has 1 nitrogen and oxygen atoms in total. The molecule has 0 spiro atoms. The Kier molecular flexibility index (Phi) is 3.64. The van der Waals surface area contributed by atoms with Crippen molar-refractivity contribution in [1.29, 1.82) is 5.26 Å². The number of nitrogens with zero attached hydrogens (tertiary/aromatic N) is 1. The minimum atomic E-state index is 0.581. The Hall–Kier alpha value is -1.95. The Morgan fingerprint density at radius 2 is 1.70 bits per heavy atom. The fraction of sp³-hybridized carbons (Fsp3) is 0. The zero-order chi connectivity index (χ0) is 13.9. The largest absolute Gasteiger partial charge is 0.192 e. The van der Waals surface area contributed by atoms with Gasteiger partial charge in [0.15, 0.2) is 0 Å². The van der Waals surface area contributed by atoms with E-state index in [2.05, 4.69) is 36.4 Å². The first kappa shape index (κ1) is 13.1. The Morgan fingerprint density at radius 1 is 0.900 bits per heavy atom. The van der Waals surface area contributed by atoms with Crippen LogP contribution in [0.2, 0.25) is 5.02 Å².